The Hall–Kier alpha value is -2.32. The molecule has 0 unspecified atom stereocenters. The molecule has 0 spiro atoms. The lowest BCUT2D eigenvalue weighted by Crippen LogP contribution is -2.09. The Morgan fingerprint density at radius 2 is 2.19 bits per heavy atom. The average Bonchev–Trinajstić information content (AvgIpc) is 3.04. The van der Waals surface area contributed by atoms with E-state index in [1.54, 1.807) is 6.20 Å². The van der Waals surface area contributed by atoms with Gasteiger partial charge in [-0.2, -0.15) is 8.78 Å². The standard InChI is InChI=1S/C12H15F2N5O2/c13-12(14)19-6-5-15-10(19)8-18-7-9(16-17-18)3-1-2-4-11(20)21/h5-7,12H,1-4,8H2,(H,20,21). The van der Waals surface area contributed by atoms with Crippen LogP contribution in [0.1, 0.15) is 37.3 Å². The van der Waals surface area contributed by atoms with Crippen LogP contribution < -0.4 is 0 Å². The first-order chi connectivity index (χ1) is 10.1. The molecule has 0 aromatic carbocycles. The van der Waals surface area contributed by atoms with E-state index in [1.807, 2.05) is 0 Å². The first kappa shape index (κ1) is 15.1. The minimum Gasteiger partial charge on any atom is -0.481 e. The predicted molar refractivity (Wildman–Crippen MR) is 67.8 cm³/mol. The molecular weight excluding hydrogens is 284 g/mol. The smallest absolute Gasteiger partial charge is 0.319 e. The van der Waals surface area contributed by atoms with Gasteiger partial charge >= 0.3 is 12.5 Å². The number of carboxylic acids is 1. The Balaban J connectivity index is 1.88. The SMILES string of the molecule is O=C(O)CCCCc1cn(Cc2nccn2C(F)F)nn1. The van der Waals surface area contributed by atoms with Gasteiger partial charge in [0.25, 0.3) is 0 Å². The quantitative estimate of drug-likeness (QED) is 0.750. The molecular formula is C12H15F2N5O2. The number of halogens is 2. The van der Waals surface area contributed by atoms with Crippen molar-refractivity contribution in [3.63, 3.8) is 0 Å². The number of hydrogen-bond donors (Lipinski definition) is 1. The van der Waals surface area contributed by atoms with E-state index in [0.717, 1.165) is 4.57 Å². The van der Waals surface area contributed by atoms with Crippen molar-refractivity contribution in [3.8, 4) is 0 Å². The lowest BCUT2D eigenvalue weighted by atomic mass is 10.1. The number of rotatable bonds is 8. The van der Waals surface area contributed by atoms with Gasteiger partial charge in [0.15, 0.2) is 0 Å². The van der Waals surface area contributed by atoms with E-state index < -0.39 is 12.5 Å². The van der Waals surface area contributed by atoms with E-state index >= 15 is 0 Å². The van der Waals surface area contributed by atoms with Crippen molar-refractivity contribution in [1.82, 2.24) is 24.5 Å². The van der Waals surface area contributed by atoms with Crippen molar-refractivity contribution in [3.05, 3.63) is 30.1 Å². The molecule has 0 aliphatic heterocycles. The number of hydrogen-bond acceptors (Lipinski definition) is 4. The van der Waals surface area contributed by atoms with Crippen LogP contribution in [-0.4, -0.2) is 35.6 Å². The second-order valence-electron chi connectivity index (χ2n) is 4.54. The molecule has 2 aromatic rings. The van der Waals surface area contributed by atoms with E-state index in [0.29, 0.717) is 25.0 Å². The van der Waals surface area contributed by atoms with Crippen molar-refractivity contribution in [1.29, 1.82) is 0 Å². The van der Waals surface area contributed by atoms with Crippen LogP contribution in [0.15, 0.2) is 18.6 Å². The number of aromatic nitrogens is 5. The topological polar surface area (TPSA) is 85.8 Å². The summed E-state index contributed by atoms with van der Waals surface area (Å²) in [6.07, 6.45) is 6.17. The van der Waals surface area contributed by atoms with Crippen molar-refractivity contribution in [2.75, 3.05) is 0 Å². The van der Waals surface area contributed by atoms with E-state index in [-0.39, 0.29) is 18.8 Å². The number of imidazole rings is 1. The highest BCUT2D eigenvalue weighted by Crippen LogP contribution is 2.13. The molecule has 1 N–H and O–H groups in total. The first-order valence-electron chi connectivity index (χ1n) is 6.47. The van der Waals surface area contributed by atoms with Crippen molar-refractivity contribution < 1.29 is 18.7 Å². The molecule has 0 atom stereocenters. The molecule has 0 amide bonds. The highest BCUT2D eigenvalue weighted by Gasteiger charge is 2.12. The summed E-state index contributed by atoms with van der Waals surface area (Å²) < 4.78 is 27.5. The van der Waals surface area contributed by atoms with Crippen LogP contribution in [0.5, 0.6) is 0 Å². The van der Waals surface area contributed by atoms with Gasteiger partial charge in [-0.25, -0.2) is 9.67 Å². The van der Waals surface area contributed by atoms with Gasteiger partial charge < -0.3 is 5.11 Å². The molecule has 0 bridgehead atoms. The number of nitrogens with zero attached hydrogens (tertiary/aromatic N) is 5. The van der Waals surface area contributed by atoms with Gasteiger partial charge in [0.1, 0.15) is 12.4 Å². The lowest BCUT2D eigenvalue weighted by Gasteiger charge is -2.05. The van der Waals surface area contributed by atoms with Crippen LogP contribution in [0.4, 0.5) is 8.78 Å². The fraction of sp³-hybridized carbons (Fsp3) is 0.500. The zero-order valence-electron chi connectivity index (χ0n) is 11.2. The number of aliphatic carboxylic acids is 1. The van der Waals surface area contributed by atoms with Gasteiger partial charge in [0.2, 0.25) is 0 Å². The van der Waals surface area contributed by atoms with Gasteiger partial charge in [-0.3, -0.25) is 9.36 Å². The van der Waals surface area contributed by atoms with Crippen LogP contribution in [0.2, 0.25) is 0 Å². The lowest BCUT2D eigenvalue weighted by molar-refractivity contribution is -0.137. The second kappa shape index (κ2) is 6.91. The predicted octanol–water partition coefficient (Wildman–Crippen LogP) is 1.72. The van der Waals surface area contributed by atoms with E-state index in [2.05, 4.69) is 15.3 Å². The minimum atomic E-state index is -2.64. The Kier molecular flexibility index (Phi) is 4.96. The summed E-state index contributed by atoms with van der Waals surface area (Å²) >= 11 is 0. The first-order valence-corrected chi connectivity index (χ1v) is 6.47. The van der Waals surface area contributed by atoms with E-state index in [1.165, 1.54) is 17.1 Å². The Labute approximate surface area is 119 Å². The highest BCUT2D eigenvalue weighted by molar-refractivity contribution is 5.66. The summed E-state index contributed by atoms with van der Waals surface area (Å²) in [6.45, 7) is -2.53. The van der Waals surface area contributed by atoms with Crippen molar-refractivity contribution in [2.45, 2.75) is 38.8 Å². The molecule has 0 fully saturated rings. The van der Waals surface area contributed by atoms with Gasteiger partial charge in [-0.1, -0.05) is 5.21 Å². The maximum Gasteiger partial charge on any atom is 0.319 e. The zero-order chi connectivity index (χ0) is 15.2. The minimum absolute atomic E-state index is 0.111. The number of carbonyl (C=O) groups is 1. The molecule has 0 aliphatic carbocycles. The molecule has 9 heteroatoms. The summed E-state index contributed by atoms with van der Waals surface area (Å²) in [5.41, 5.74) is 0.704. The second-order valence-corrected chi connectivity index (χ2v) is 4.54. The molecule has 0 saturated carbocycles. The molecule has 0 radical (unpaired) electrons. The summed E-state index contributed by atoms with van der Waals surface area (Å²) in [5.74, 6) is -0.621. The number of aryl methyl sites for hydroxylation is 1. The molecule has 2 heterocycles. The largest absolute Gasteiger partial charge is 0.481 e. The summed E-state index contributed by atoms with van der Waals surface area (Å²) in [7, 11) is 0. The summed E-state index contributed by atoms with van der Waals surface area (Å²) in [4.78, 5) is 14.2. The van der Waals surface area contributed by atoms with Gasteiger partial charge in [-0.05, 0) is 19.3 Å². The van der Waals surface area contributed by atoms with Crippen LogP contribution in [0, 0.1) is 0 Å². The molecule has 7 nitrogen and oxygen atoms in total. The fourth-order valence-corrected chi connectivity index (χ4v) is 1.90. The fourth-order valence-electron chi connectivity index (χ4n) is 1.90. The Morgan fingerprint density at radius 1 is 1.38 bits per heavy atom. The number of alkyl halides is 2. The van der Waals surface area contributed by atoms with Crippen LogP contribution in [0.3, 0.4) is 0 Å². The van der Waals surface area contributed by atoms with Crippen LogP contribution >= 0.6 is 0 Å². The molecule has 0 saturated heterocycles. The summed E-state index contributed by atoms with van der Waals surface area (Å²) in [6, 6.07) is 0. The molecule has 21 heavy (non-hydrogen) atoms. The zero-order valence-corrected chi connectivity index (χ0v) is 11.2. The van der Waals surface area contributed by atoms with Gasteiger partial charge in [-0.15, -0.1) is 5.10 Å². The average molecular weight is 299 g/mol. The Bertz CT molecular complexity index is 596. The van der Waals surface area contributed by atoms with Crippen molar-refractivity contribution >= 4 is 5.97 Å². The van der Waals surface area contributed by atoms with Gasteiger partial charge in [0, 0.05) is 25.0 Å². The van der Waals surface area contributed by atoms with E-state index in [9.17, 15) is 13.6 Å². The molecule has 114 valence electrons. The van der Waals surface area contributed by atoms with Gasteiger partial charge in [0.05, 0.1) is 5.69 Å². The maximum atomic E-state index is 12.7. The monoisotopic (exact) mass is 299 g/mol. The Morgan fingerprint density at radius 3 is 2.90 bits per heavy atom. The molecule has 2 aromatic heterocycles. The molecule has 0 aliphatic rings. The van der Waals surface area contributed by atoms with Crippen LogP contribution in [-0.2, 0) is 17.8 Å². The normalized spacial score (nSPS) is 11.2. The third-order valence-electron chi connectivity index (χ3n) is 2.92. The van der Waals surface area contributed by atoms with Crippen molar-refractivity contribution in [2.24, 2.45) is 0 Å². The highest BCUT2D eigenvalue weighted by atomic mass is 19.3. The number of carboxylic acid groups (broad SMARTS) is 1. The van der Waals surface area contributed by atoms with E-state index in [4.69, 9.17) is 5.11 Å². The molecule has 2 rings (SSSR count). The third kappa shape index (κ3) is 4.33. The summed E-state index contributed by atoms with van der Waals surface area (Å²) in [5, 5.41) is 16.3. The maximum absolute atomic E-state index is 12.7. The third-order valence-corrected chi connectivity index (χ3v) is 2.92. The number of unbranched alkanes of at least 4 members (excludes halogenated alkanes) is 1. The van der Waals surface area contributed by atoms with Crippen LogP contribution in [0.25, 0.3) is 0 Å².